The lowest BCUT2D eigenvalue weighted by atomic mass is 10.1. The molecular weight excluding hydrogens is 366 g/mol. The Kier molecular flexibility index (Phi) is 5.79. The number of hydrogen-bond acceptors (Lipinski definition) is 4. The van der Waals surface area contributed by atoms with Crippen LogP contribution in [-0.2, 0) is 25.8 Å². The number of ether oxygens (including phenoxy) is 3. The van der Waals surface area contributed by atoms with Crippen molar-refractivity contribution in [2.24, 2.45) is 4.99 Å². The van der Waals surface area contributed by atoms with E-state index in [1.54, 1.807) is 14.2 Å². The highest BCUT2D eigenvalue weighted by Crippen LogP contribution is 2.34. The van der Waals surface area contributed by atoms with Gasteiger partial charge in [-0.1, -0.05) is 12.1 Å². The number of fused-ring (bicyclic) bond motifs is 2. The van der Waals surface area contributed by atoms with E-state index in [2.05, 4.69) is 52.9 Å². The first-order valence-electron chi connectivity index (χ1n) is 10.2. The van der Waals surface area contributed by atoms with E-state index in [-0.39, 0.29) is 6.10 Å². The molecule has 1 atom stereocenters. The van der Waals surface area contributed by atoms with Crippen molar-refractivity contribution in [2.45, 2.75) is 38.8 Å². The van der Waals surface area contributed by atoms with Gasteiger partial charge in [-0.2, -0.15) is 0 Å². The fourth-order valence-corrected chi connectivity index (χ4v) is 3.93. The van der Waals surface area contributed by atoms with Gasteiger partial charge in [0.15, 0.2) is 5.96 Å². The van der Waals surface area contributed by atoms with Crippen molar-refractivity contribution in [3.05, 3.63) is 52.6 Å². The molecule has 154 valence electrons. The minimum Gasteiger partial charge on any atom is -0.496 e. The van der Waals surface area contributed by atoms with E-state index in [4.69, 9.17) is 14.2 Å². The maximum absolute atomic E-state index is 5.89. The van der Waals surface area contributed by atoms with Gasteiger partial charge in [0.05, 0.1) is 13.7 Å². The minimum atomic E-state index is 0.220. The quantitative estimate of drug-likeness (QED) is 0.582. The summed E-state index contributed by atoms with van der Waals surface area (Å²) in [5.41, 5.74) is 4.89. The van der Waals surface area contributed by atoms with Gasteiger partial charge in [-0.15, -0.1) is 0 Å². The minimum absolute atomic E-state index is 0.220. The fraction of sp³-hybridized carbons (Fsp3) is 0.435. The van der Waals surface area contributed by atoms with Crippen LogP contribution in [0.3, 0.4) is 0 Å². The Balaban J connectivity index is 1.31. The van der Waals surface area contributed by atoms with Crippen molar-refractivity contribution in [2.75, 3.05) is 27.3 Å². The van der Waals surface area contributed by atoms with E-state index < -0.39 is 0 Å². The molecule has 2 heterocycles. The Labute approximate surface area is 172 Å². The summed E-state index contributed by atoms with van der Waals surface area (Å²) in [6.07, 6.45) is 3.09. The standard InChI is InChI=1S/C23H29N3O3/c1-15-10-18-12-21(27-3)19(13-22(18)29-15)14-26-23(24-2)25-8-6-16-4-5-20-17(11-16)7-9-28-20/h4-5,11-13,15H,6-10,14H2,1-3H3,(H2,24,25,26). The third-order valence-electron chi connectivity index (χ3n) is 5.43. The lowest BCUT2D eigenvalue weighted by Crippen LogP contribution is -2.37. The number of guanidine groups is 1. The molecule has 2 aliphatic heterocycles. The molecule has 0 bridgehead atoms. The summed E-state index contributed by atoms with van der Waals surface area (Å²) in [4.78, 5) is 4.33. The van der Waals surface area contributed by atoms with Gasteiger partial charge in [0, 0.05) is 44.1 Å². The number of methoxy groups -OCH3 is 1. The van der Waals surface area contributed by atoms with E-state index in [1.165, 1.54) is 16.7 Å². The Hall–Kier alpha value is -2.89. The number of aliphatic imine (C=N–C) groups is 1. The largest absolute Gasteiger partial charge is 0.496 e. The van der Waals surface area contributed by atoms with Crippen molar-refractivity contribution in [3.8, 4) is 17.2 Å². The van der Waals surface area contributed by atoms with Crippen LogP contribution in [0.25, 0.3) is 0 Å². The van der Waals surface area contributed by atoms with Crippen LogP contribution in [0, 0.1) is 0 Å². The molecule has 0 spiro atoms. The van der Waals surface area contributed by atoms with Gasteiger partial charge in [-0.05, 0) is 42.7 Å². The zero-order valence-corrected chi connectivity index (χ0v) is 17.4. The normalized spacial score (nSPS) is 17.2. The smallest absolute Gasteiger partial charge is 0.191 e. The van der Waals surface area contributed by atoms with Gasteiger partial charge >= 0.3 is 0 Å². The van der Waals surface area contributed by atoms with Crippen LogP contribution in [0.5, 0.6) is 17.2 Å². The molecule has 29 heavy (non-hydrogen) atoms. The second-order valence-corrected chi connectivity index (χ2v) is 7.55. The van der Waals surface area contributed by atoms with Crippen LogP contribution in [0.4, 0.5) is 0 Å². The second-order valence-electron chi connectivity index (χ2n) is 7.55. The van der Waals surface area contributed by atoms with E-state index in [0.717, 1.165) is 61.2 Å². The monoisotopic (exact) mass is 395 g/mol. The van der Waals surface area contributed by atoms with E-state index in [1.807, 2.05) is 0 Å². The zero-order valence-electron chi connectivity index (χ0n) is 17.4. The number of hydrogen-bond donors (Lipinski definition) is 2. The molecule has 6 nitrogen and oxygen atoms in total. The van der Waals surface area contributed by atoms with Crippen molar-refractivity contribution < 1.29 is 14.2 Å². The number of rotatable bonds is 6. The van der Waals surface area contributed by atoms with Crippen LogP contribution >= 0.6 is 0 Å². The first-order valence-corrected chi connectivity index (χ1v) is 10.2. The lowest BCUT2D eigenvalue weighted by Gasteiger charge is -2.15. The van der Waals surface area contributed by atoms with Gasteiger partial charge in [-0.25, -0.2) is 0 Å². The summed E-state index contributed by atoms with van der Waals surface area (Å²) in [5, 5.41) is 6.76. The lowest BCUT2D eigenvalue weighted by molar-refractivity contribution is 0.254. The molecule has 0 amide bonds. The highest BCUT2D eigenvalue weighted by atomic mass is 16.5. The van der Waals surface area contributed by atoms with Gasteiger partial charge in [-0.3, -0.25) is 4.99 Å². The first-order chi connectivity index (χ1) is 14.2. The summed E-state index contributed by atoms with van der Waals surface area (Å²) in [5.74, 6) is 3.63. The van der Waals surface area contributed by atoms with Crippen LogP contribution in [0.1, 0.15) is 29.2 Å². The predicted octanol–water partition coefficient (Wildman–Crippen LogP) is 2.86. The van der Waals surface area contributed by atoms with Gasteiger partial charge < -0.3 is 24.8 Å². The Morgan fingerprint density at radius 3 is 2.90 bits per heavy atom. The molecule has 6 heteroatoms. The average Bonchev–Trinajstić information content (AvgIpc) is 3.34. The Morgan fingerprint density at radius 1 is 1.17 bits per heavy atom. The Bertz CT molecular complexity index is 910. The SMILES string of the molecule is CN=C(NCCc1ccc2c(c1)CCO2)NCc1cc2c(cc1OC)CC(C)O2. The fourth-order valence-electron chi connectivity index (χ4n) is 3.93. The third-order valence-corrected chi connectivity index (χ3v) is 5.43. The molecule has 0 aromatic heterocycles. The van der Waals surface area contributed by atoms with Gasteiger partial charge in [0.2, 0.25) is 0 Å². The molecule has 0 aliphatic carbocycles. The topological polar surface area (TPSA) is 64.1 Å². The van der Waals surface area contributed by atoms with E-state index >= 15 is 0 Å². The summed E-state index contributed by atoms with van der Waals surface area (Å²) in [7, 11) is 3.49. The molecule has 2 aromatic carbocycles. The van der Waals surface area contributed by atoms with Crippen LogP contribution in [0.2, 0.25) is 0 Å². The second kappa shape index (κ2) is 8.64. The van der Waals surface area contributed by atoms with Crippen LogP contribution in [-0.4, -0.2) is 39.4 Å². The van der Waals surface area contributed by atoms with Crippen LogP contribution in [0.15, 0.2) is 35.3 Å². The van der Waals surface area contributed by atoms with Gasteiger partial charge in [0.1, 0.15) is 23.4 Å². The molecule has 0 radical (unpaired) electrons. The molecular formula is C23H29N3O3. The van der Waals surface area contributed by atoms with E-state index in [0.29, 0.717) is 6.54 Å². The van der Waals surface area contributed by atoms with E-state index in [9.17, 15) is 0 Å². The highest BCUT2D eigenvalue weighted by Gasteiger charge is 2.21. The predicted molar refractivity (Wildman–Crippen MR) is 114 cm³/mol. The number of nitrogens with zero attached hydrogens (tertiary/aromatic N) is 1. The van der Waals surface area contributed by atoms with Gasteiger partial charge in [0.25, 0.3) is 0 Å². The molecule has 0 fully saturated rings. The maximum Gasteiger partial charge on any atom is 0.191 e. The van der Waals surface area contributed by atoms with Crippen molar-refractivity contribution >= 4 is 5.96 Å². The maximum atomic E-state index is 5.89. The number of benzene rings is 2. The molecule has 0 saturated carbocycles. The first kappa shape index (κ1) is 19.4. The summed E-state index contributed by atoms with van der Waals surface area (Å²) in [6, 6.07) is 10.6. The molecule has 0 saturated heterocycles. The summed E-state index contributed by atoms with van der Waals surface area (Å²) >= 11 is 0. The summed E-state index contributed by atoms with van der Waals surface area (Å²) < 4.78 is 17.0. The third kappa shape index (κ3) is 4.42. The molecule has 2 aromatic rings. The van der Waals surface area contributed by atoms with Crippen molar-refractivity contribution in [3.63, 3.8) is 0 Å². The number of nitrogens with one attached hydrogen (secondary N) is 2. The molecule has 2 N–H and O–H groups in total. The van der Waals surface area contributed by atoms with Crippen LogP contribution < -0.4 is 24.8 Å². The average molecular weight is 396 g/mol. The molecule has 1 unspecified atom stereocenters. The highest BCUT2D eigenvalue weighted by molar-refractivity contribution is 5.79. The van der Waals surface area contributed by atoms with Crippen molar-refractivity contribution in [1.82, 2.24) is 10.6 Å². The van der Waals surface area contributed by atoms with Crippen molar-refractivity contribution in [1.29, 1.82) is 0 Å². The zero-order chi connectivity index (χ0) is 20.2. The molecule has 4 rings (SSSR count). The molecule has 2 aliphatic rings. The summed E-state index contributed by atoms with van der Waals surface area (Å²) in [6.45, 7) is 4.30. The Morgan fingerprint density at radius 2 is 2.07 bits per heavy atom.